The van der Waals surface area contributed by atoms with Crippen LogP contribution in [0.4, 0.5) is 0 Å². The summed E-state index contributed by atoms with van der Waals surface area (Å²) in [6.07, 6.45) is 3.33. The van der Waals surface area contributed by atoms with E-state index in [-0.39, 0.29) is 5.92 Å². The highest BCUT2D eigenvalue weighted by molar-refractivity contribution is 5.70. The third-order valence-corrected chi connectivity index (χ3v) is 3.27. The van der Waals surface area contributed by atoms with Gasteiger partial charge in [-0.25, -0.2) is 0 Å². The van der Waals surface area contributed by atoms with Crippen LogP contribution in [0, 0.1) is 12.8 Å². The fourth-order valence-electron chi connectivity index (χ4n) is 2.09. The molecule has 1 unspecified atom stereocenters. The molecule has 1 atom stereocenters. The molecule has 1 aromatic carbocycles. The number of aryl methyl sites for hydroxylation is 2. The van der Waals surface area contributed by atoms with Gasteiger partial charge < -0.3 is 5.11 Å². The lowest BCUT2D eigenvalue weighted by Gasteiger charge is -2.14. The molecule has 0 aromatic heterocycles. The van der Waals surface area contributed by atoms with Gasteiger partial charge in [0.2, 0.25) is 0 Å². The molecular formula is C15H22O2. The summed E-state index contributed by atoms with van der Waals surface area (Å²) in [6.45, 7) is 6.21. The van der Waals surface area contributed by atoms with Crippen molar-refractivity contribution in [2.45, 2.75) is 46.5 Å². The van der Waals surface area contributed by atoms with Gasteiger partial charge in [-0.2, -0.15) is 0 Å². The molecule has 2 nitrogen and oxygen atoms in total. The zero-order chi connectivity index (χ0) is 12.8. The number of carboxylic acids is 1. The predicted molar refractivity (Wildman–Crippen MR) is 70.3 cm³/mol. The Balaban J connectivity index is 2.87. The second-order valence-corrected chi connectivity index (χ2v) is 4.64. The largest absolute Gasteiger partial charge is 0.481 e. The van der Waals surface area contributed by atoms with Crippen molar-refractivity contribution in [3.8, 4) is 0 Å². The van der Waals surface area contributed by atoms with E-state index in [0.717, 1.165) is 19.3 Å². The highest BCUT2D eigenvalue weighted by Gasteiger charge is 2.17. The topological polar surface area (TPSA) is 37.3 Å². The molecule has 17 heavy (non-hydrogen) atoms. The summed E-state index contributed by atoms with van der Waals surface area (Å²) >= 11 is 0. The van der Waals surface area contributed by atoms with Crippen LogP contribution in [-0.2, 0) is 17.6 Å². The number of aliphatic carboxylic acids is 1. The van der Waals surface area contributed by atoms with Crippen LogP contribution in [0.5, 0.6) is 0 Å². The highest BCUT2D eigenvalue weighted by Crippen LogP contribution is 2.19. The molecule has 1 aromatic rings. The summed E-state index contributed by atoms with van der Waals surface area (Å²) in [6, 6.07) is 6.37. The van der Waals surface area contributed by atoms with E-state index in [1.54, 1.807) is 0 Å². The van der Waals surface area contributed by atoms with Crippen LogP contribution in [0.15, 0.2) is 18.2 Å². The standard InChI is InChI=1S/C15H22O2/c1-4-6-13(15(16)17)10-14-9-12(5-2)8-7-11(14)3/h7-9,13H,4-6,10H2,1-3H3,(H,16,17). The summed E-state index contributed by atoms with van der Waals surface area (Å²) in [5.41, 5.74) is 3.67. The van der Waals surface area contributed by atoms with Crippen molar-refractivity contribution in [3.05, 3.63) is 34.9 Å². The van der Waals surface area contributed by atoms with Gasteiger partial charge in [0, 0.05) is 0 Å². The van der Waals surface area contributed by atoms with Gasteiger partial charge in [0.25, 0.3) is 0 Å². The molecule has 2 heteroatoms. The zero-order valence-electron chi connectivity index (χ0n) is 11.0. The molecule has 0 aliphatic rings. The van der Waals surface area contributed by atoms with E-state index >= 15 is 0 Å². The molecule has 0 amide bonds. The minimum atomic E-state index is -0.673. The molecule has 0 fully saturated rings. The smallest absolute Gasteiger partial charge is 0.306 e. The maximum Gasteiger partial charge on any atom is 0.306 e. The summed E-state index contributed by atoms with van der Waals surface area (Å²) in [4.78, 5) is 11.2. The monoisotopic (exact) mass is 234 g/mol. The fraction of sp³-hybridized carbons (Fsp3) is 0.533. The van der Waals surface area contributed by atoms with Crippen molar-refractivity contribution in [2.75, 3.05) is 0 Å². The van der Waals surface area contributed by atoms with Crippen molar-refractivity contribution in [1.29, 1.82) is 0 Å². The Labute approximate surface area is 104 Å². The molecule has 0 saturated heterocycles. The average Bonchev–Trinajstić information content (AvgIpc) is 2.31. The number of hydrogen-bond acceptors (Lipinski definition) is 1. The molecule has 0 bridgehead atoms. The van der Waals surface area contributed by atoms with Crippen LogP contribution in [0.1, 0.15) is 43.4 Å². The Bertz CT molecular complexity index is 383. The van der Waals surface area contributed by atoms with E-state index in [2.05, 4.69) is 32.0 Å². The van der Waals surface area contributed by atoms with Crippen LogP contribution < -0.4 is 0 Å². The van der Waals surface area contributed by atoms with E-state index in [4.69, 9.17) is 0 Å². The first-order valence-corrected chi connectivity index (χ1v) is 6.39. The van der Waals surface area contributed by atoms with Gasteiger partial charge in [-0.1, -0.05) is 38.5 Å². The van der Waals surface area contributed by atoms with Gasteiger partial charge >= 0.3 is 5.97 Å². The maximum atomic E-state index is 11.2. The summed E-state index contributed by atoms with van der Waals surface area (Å²) < 4.78 is 0. The predicted octanol–water partition coefficient (Wildman–Crippen LogP) is 3.60. The quantitative estimate of drug-likeness (QED) is 0.816. The molecule has 0 radical (unpaired) electrons. The Kier molecular flexibility index (Phi) is 5.20. The third-order valence-electron chi connectivity index (χ3n) is 3.27. The first kappa shape index (κ1) is 13.8. The number of benzene rings is 1. The molecule has 0 saturated carbocycles. The van der Waals surface area contributed by atoms with Crippen molar-refractivity contribution >= 4 is 5.97 Å². The van der Waals surface area contributed by atoms with Crippen LogP contribution in [0.25, 0.3) is 0 Å². The normalized spacial score (nSPS) is 12.4. The van der Waals surface area contributed by atoms with Crippen LogP contribution in [-0.4, -0.2) is 11.1 Å². The molecular weight excluding hydrogens is 212 g/mol. The van der Waals surface area contributed by atoms with E-state index in [0.29, 0.717) is 6.42 Å². The molecule has 0 spiro atoms. The SMILES string of the molecule is CCCC(Cc1cc(CC)ccc1C)C(=O)O. The van der Waals surface area contributed by atoms with Gasteiger partial charge in [0.05, 0.1) is 5.92 Å². The lowest BCUT2D eigenvalue weighted by molar-refractivity contribution is -0.141. The van der Waals surface area contributed by atoms with Gasteiger partial charge in [0.15, 0.2) is 0 Å². The zero-order valence-corrected chi connectivity index (χ0v) is 11.0. The number of carboxylic acid groups (broad SMARTS) is 1. The Morgan fingerprint density at radius 1 is 1.35 bits per heavy atom. The van der Waals surface area contributed by atoms with Crippen molar-refractivity contribution in [3.63, 3.8) is 0 Å². The van der Waals surface area contributed by atoms with E-state index in [1.165, 1.54) is 16.7 Å². The van der Waals surface area contributed by atoms with E-state index in [1.807, 2.05) is 6.92 Å². The molecule has 0 aliphatic carbocycles. The van der Waals surface area contributed by atoms with Crippen molar-refractivity contribution in [2.24, 2.45) is 5.92 Å². The van der Waals surface area contributed by atoms with Gasteiger partial charge in [-0.15, -0.1) is 0 Å². The number of rotatable bonds is 6. The minimum Gasteiger partial charge on any atom is -0.481 e. The Hall–Kier alpha value is -1.31. The Morgan fingerprint density at radius 3 is 2.59 bits per heavy atom. The number of carbonyl (C=O) groups is 1. The van der Waals surface area contributed by atoms with E-state index in [9.17, 15) is 9.90 Å². The first-order valence-electron chi connectivity index (χ1n) is 6.39. The second kappa shape index (κ2) is 6.43. The lowest BCUT2D eigenvalue weighted by atomic mass is 9.91. The van der Waals surface area contributed by atoms with E-state index < -0.39 is 5.97 Å². The van der Waals surface area contributed by atoms with Crippen LogP contribution >= 0.6 is 0 Å². The van der Waals surface area contributed by atoms with Crippen LogP contribution in [0.3, 0.4) is 0 Å². The number of hydrogen-bond donors (Lipinski definition) is 1. The minimum absolute atomic E-state index is 0.245. The maximum absolute atomic E-state index is 11.2. The highest BCUT2D eigenvalue weighted by atomic mass is 16.4. The lowest BCUT2D eigenvalue weighted by Crippen LogP contribution is -2.16. The average molecular weight is 234 g/mol. The second-order valence-electron chi connectivity index (χ2n) is 4.64. The molecule has 94 valence electrons. The fourth-order valence-corrected chi connectivity index (χ4v) is 2.09. The molecule has 1 N–H and O–H groups in total. The molecule has 0 aliphatic heterocycles. The summed E-state index contributed by atoms with van der Waals surface area (Å²) in [5, 5.41) is 9.18. The van der Waals surface area contributed by atoms with Gasteiger partial charge in [-0.05, 0) is 42.9 Å². The summed E-state index contributed by atoms with van der Waals surface area (Å²) in [7, 11) is 0. The third kappa shape index (κ3) is 3.88. The van der Waals surface area contributed by atoms with Crippen LogP contribution in [0.2, 0.25) is 0 Å². The van der Waals surface area contributed by atoms with Gasteiger partial charge in [0.1, 0.15) is 0 Å². The summed E-state index contributed by atoms with van der Waals surface area (Å²) in [5.74, 6) is -0.918. The van der Waals surface area contributed by atoms with Crippen molar-refractivity contribution < 1.29 is 9.90 Å². The Morgan fingerprint density at radius 2 is 2.06 bits per heavy atom. The first-order chi connectivity index (χ1) is 8.08. The van der Waals surface area contributed by atoms with Crippen molar-refractivity contribution in [1.82, 2.24) is 0 Å². The molecule has 1 rings (SSSR count). The molecule has 0 heterocycles. The van der Waals surface area contributed by atoms with Gasteiger partial charge in [-0.3, -0.25) is 4.79 Å².